The third-order valence-corrected chi connectivity index (χ3v) is 8.22. The average molecular weight is 684 g/mol. The molecule has 3 aromatic rings. The van der Waals surface area contributed by atoms with Gasteiger partial charge in [-0.2, -0.15) is 0 Å². The van der Waals surface area contributed by atoms with Crippen molar-refractivity contribution in [3.05, 3.63) is 82.5 Å². The molecule has 4 N–H and O–H groups in total. The molecule has 0 spiro atoms. The van der Waals surface area contributed by atoms with Gasteiger partial charge >= 0.3 is 11.9 Å². The third-order valence-electron chi connectivity index (χ3n) is 8.22. The van der Waals surface area contributed by atoms with Crippen molar-refractivity contribution >= 4 is 92.9 Å². The molecule has 9 heteroatoms. The SMILES string of the molecule is C=Cc1c(C)c2cc3[nH]c(cc4nc(cc5nc(cc1[nH]2)C(C)=C5CCC(=O)O)C(CCC(=O)O)=C4C)c(C)c3C=C.[Sb]. The Bertz CT molecular complexity index is 1920. The van der Waals surface area contributed by atoms with E-state index in [4.69, 9.17) is 9.97 Å². The number of fused-ring (bicyclic) bond motifs is 8. The van der Waals surface area contributed by atoms with Gasteiger partial charge < -0.3 is 20.2 Å². The van der Waals surface area contributed by atoms with Crippen LogP contribution in [0.4, 0.5) is 0 Å². The summed E-state index contributed by atoms with van der Waals surface area (Å²) in [6.07, 6.45) is 4.20. The van der Waals surface area contributed by atoms with Gasteiger partial charge in [-0.3, -0.25) is 9.59 Å². The maximum atomic E-state index is 11.5. The van der Waals surface area contributed by atoms with Crippen molar-refractivity contribution in [1.82, 2.24) is 19.9 Å². The van der Waals surface area contributed by atoms with Crippen LogP contribution in [0.2, 0.25) is 0 Å². The van der Waals surface area contributed by atoms with E-state index in [1.54, 1.807) is 0 Å². The number of hydrogen-bond acceptors (Lipinski definition) is 4. The Morgan fingerprint density at radius 1 is 0.674 bits per heavy atom. The number of rotatable bonds is 8. The zero-order valence-corrected chi connectivity index (χ0v) is 27.3. The molecular formula is C34H34N4O4Sb. The molecule has 8 bridgehead atoms. The van der Waals surface area contributed by atoms with Crippen LogP contribution in [0.1, 0.15) is 84.6 Å². The van der Waals surface area contributed by atoms with Crippen LogP contribution in [0.25, 0.3) is 56.5 Å². The summed E-state index contributed by atoms with van der Waals surface area (Å²) < 4.78 is 0. The number of H-pyrrole nitrogens is 2. The van der Waals surface area contributed by atoms with Crippen LogP contribution in [0, 0.1) is 13.8 Å². The van der Waals surface area contributed by atoms with E-state index in [9.17, 15) is 19.8 Å². The number of hydrogen-bond donors (Lipinski definition) is 4. The number of carboxylic acid groups (broad SMARTS) is 2. The molecule has 43 heavy (non-hydrogen) atoms. The predicted molar refractivity (Wildman–Crippen MR) is 175 cm³/mol. The number of nitrogens with one attached hydrogen (secondary N) is 2. The number of aryl methyl sites for hydroxylation is 2. The minimum atomic E-state index is -0.889. The Kier molecular flexibility index (Phi) is 9.31. The van der Waals surface area contributed by atoms with Crippen LogP contribution < -0.4 is 0 Å². The molecule has 5 heterocycles. The quantitative estimate of drug-likeness (QED) is 0.183. The van der Waals surface area contributed by atoms with E-state index in [-0.39, 0.29) is 37.3 Å². The van der Waals surface area contributed by atoms with Crippen molar-refractivity contribution in [2.45, 2.75) is 53.4 Å². The molecule has 0 fully saturated rings. The maximum Gasteiger partial charge on any atom is 0.303 e. The minimum absolute atomic E-state index is 0. The molecular weight excluding hydrogens is 650 g/mol. The van der Waals surface area contributed by atoms with Gasteiger partial charge in [0.15, 0.2) is 0 Å². The average Bonchev–Trinajstić information content (AvgIpc) is 3.59. The standard InChI is InChI=1S/C34H34N4O4.Sb/c1-7-21-17(3)25-13-26-19(5)23(9-11-33(39)40)31(37-26)16-32-24(10-12-34(41)42)20(6)28(38-32)15-30-22(8-2)18(4)27(36-30)14-29(21)35-25;/h7-8,13-16,35-36H,1-2,9-12H2,3-6H3,(H,39,40)(H,41,42);. The summed E-state index contributed by atoms with van der Waals surface area (Å²) in [5, 5.41) is 18.9. The number of allylic oxidation sites excluding steroid dienone is 4. The molecule has 2 aliphatic heterocycles. The van der Waals surface area contributed by atoms with Crippen LogP contribution in [-0.2, 0) is 9.59 Å². The molecule has 0 saturated carbocycles. The van der Waals surface area contributed by atoms with Crippen molar-refractivity contribution in [1.29, 1.82) is 0 Å². The fourth-order valence-corrected chi connectivity index (χ4v) is 5.77. The number of nitrogens with zero attached hydrogens (tertiary/aromatic N) is 2. The second-order valence-electron chi connectivity index (χ2n) is 10.7. The van der Waals surface area contributed by atoms with E-state index in [1.807, 2.05) is 58.0 Å². The molecule has 0 amide bonds. The predicted octanol–water partition coefficient (Wildman–Crippen LogP) is 7.43. The van der Waals surface area contributed by atoms with Gasteiger partial charge in [0, 0.05) is 70.5 Å². The Labute approximate surface area is 267 Å². The van der Waals surface area contributed by atoms with Gasteiger partial charge in [0.05, 0.1) is 22.8 Å². The summed E-state index contributed by atoms with van der Waals surface area (Å²) in [5.41, 5.74) is 13.7. The molecule has 5 rings (SSSR count). The molecule has 0 saturated heterocycles. The molecule has 3 radical (unpaired) electrons. The number of carbonyl (C=O) groups is 2. The Hall–Kier alpha value is -4.16. The van der Waals surface area contributed by atoms with Crippen LogP contribution in [0.15, 0.2) is 37.4 Å². The fraction of sp³-hybridized carbons (Fsp3) is 0.235. The number of aromatic amines is 2. The molecule has 0 aromatic carbocycles. The molecule has 3 aromatic heterocycles. The van der Waals surface area contributed by atoms with E-state index < -0.39 is 11.9 Å². The summed E-state index contributed by atoms with van der Waals surface area (Å²) in [6, 6.07) is 7.88. The van der Waals surface area contributed by atoms with E-state index in [2.05, 4.69) is 29.2 Å². The summed E-state index contributed by atoms with van der Waals surface area (Å²) in [6.45, 7) is 16.1. The van der Waals surface area contributed by atoms with Gasteiger partial charge in [-0.1, -0.05) is 25.3 Å². The fourth-order valence-electron chi connectivity index (χ4n) is 5.77. The molecule has 2 aliphatic rings. The van der Waals surface area contributed by atoms with Crippen molar-refractivity contribution in [3.63, 3.8) is 0 Å². The summed E-state index contributed by atoms with van der Waals surface area (Å²) >= 11 is 0. The Balaban J connectivity index is 0.00000423. The van der Waals surface area contributed by atoms with Crippen molar-refractivity contribution in [3.8, 4) is 0 Å². The Morgan fingerprint density at radius 2 is 1.07 bits per heavy atom. The zero-order valence-electron chi connectivity index (χ0n) is 24.8. The first-order chi connectivity index (χ1) is 20.0. The minimum Gasteiger partial charge on any atom is -0.481 e. The largest absolute Gasteiger partial charge is 0.481 e. The summed E-state index contributed by atoms with van der Waals surface area (Å²) in [7, 11) is 0. The zero-order chi connectivity index (χ0) is 30.3. The van der Waals surface area contributed by atoms with Crippen LogP contribution >= 0.6 is 0 Å². The summed E-state index contributed by atoms with van der Waals surface area (Å²) in [4.78, 5) is 40.0. The Morgan fingerprint density at radius 3 is 1.49 bits per heavy atom. The number of aliphatic carboxylic acids is 2. The second-order valence-corrected chi connectivity index (χ2v) is 10.7. The van der Waals surface area contributed by atoms with Crippen molar-refractivity contribution in [2.24, 2.45) is 0 Å². The van der Waals surface area contributed by atoms with Crippen LogP contribution in [0.5, 0.6) is 0 Å². The van der Waals surface area contributed by atoms with Gasteiger partial charge in [-0.25, -0.2) is 9.97 Å². The smallest absolute Gasteiger partial charge is 0.303 e. The van der Waals surface area contributed by atoms with Crippen molar-refractivity contribution in [2.75, 3.05) is 0 Å². The molecule has 0 atom stereocenters. The van der Waals surface area contributed by atoms with Crippen LogP contribution in [0.3, 0.4) is 0 Å². The van der Waals surface area contributed by atoms with Gasteiger partial charge in [0.1, 0.15) is 0 Å². The first-order valence-electron chi connectivity index (χ1n) is 13.9. The van der Waals surface area contributed by atoms with E-state index in [0.29, 0.717) is 24.2 Å². The summed E-state index contributed by atoms with van der Waals surface area (Å²) in [5.74, 6) is -1.78. The van der Waals surface area contributed by atoms with E-state index in [1.165, 1.54) is 0 Å². The van der Waals surface area contributed by atoms with Gasteiger partial charge in [0.2, 0.25) is 0 Å². The molecule has 8 nitrogen and oxygen atoms in total. The van der Waals surface area contributed by atoms with E-state index >= 15 is 0 Å². The number of carboxylic acids is 2. The second kappa shape index (κ2) is 12.6. The van der Waals surface area contributed by atoms with Gasteiger partial charge in [-0.05, 0) is 98.2 Å². The first kappa shape index (κ1) is 31.8. The van der Waals surface area contributed by atoms with Crippen LogP contribution in [-0.4, -0.2) is 66.5 Å². The molecule has 0 aliphatic carbocycles. The topological polar surface area (TPSA) is 132 Å². The molecule has 0 unspecified atom stereocenters. The maximum absolute atomic E-state index is 11.5. The first-order valence-corrected chi connectivity index (χ1v) is 13.9. The van der Waals surface area contributed by atoms with E-state index in [0.717, 1.165) is 78.0 Å². The monoisotopic (exact) mass is 683 g/mol. The van der Waals surface area contributed by atoms with Crippen molar-refractivity contribution < 1.29 is 19.8 Å². The number of aromatic nitrogens is 4. The molecule has 219 valence electrons. The van der Waals surface area contributed by atoms with Gasteiger partial charge in [0.25, 0.3) is 0 Å². The third kappa shape index (κ3) is 6.02. The van der Waals surface area contributed by atoms with Gasteiger partial charge in [-0.15, -0.1) is 0 Å². The normalized spacial score (nSPS) is 12.7.